The molecule has 0 bridgehead atoms. The molecule has 6 nitrogen and oxygen atoms in total. The second kappa shape index (κ2) is 9.37. The van der Waals surface area contributed by atoms with Gasteiger partial charge in [0, 0.05) is 40.8 Å². The Morgan fingerprint density at radius 2 is 1.77 bits per heavy atom. The number of benzene rings is 2. The SMILES string of the molecule is O=C(NN1CCOCC1)c1nc(-c2ccc(Cl)cc2Cl)c(Cc2ccc(Cl)cc2)[nH]1. The lowest BCUT2D eigenvalue weighted by Gasteiger charge is -2.26. The Morgan fingerprint density at radius 3 is 2.47 bits per heavy atom. The minimum Gasteiger partial charge on any atom is -0.379 e. The molecule has 0 atom stereocenters. The van der Waals surface area contributed by atoms with Crippen molar-refractivity contribution in [1.29, 1.82) is 0 Å². The third-order valence-electron chi connectivity index (χ3n) is 4.74. The van der Waals surface area contributed by atoms with Crippen LogP contribution in [0, 0.1) is 0 Å². The summed E-state index contributed by atoms with van der Waals surface area (Å²) in [6.07, 6.45) is 0.531. The molecule has 0 aliphatic carbocycles. The maximum atomic E-state index is 12.8. The summed E-state index contributed by atoms with van der Waals surface area (Å²) in [5.41, 5.74) is 5.98. The Hall–Kier alpha value is -2.09. The molecule has 2 heterocycles. The van der Waals surface area contributed by atoms with Gasteiger partial charge in [0.25, 0.3) is 0 Å². The van der Waals surface area contributed by atoms with Crippen molar-refractivity contribution in [3.05, 3.63) is 74.6 Å². The monoisotopic (exact) mass is 464 g/mol. The zero-order valence-electron chi connectivity index (χ0n) is 15.9. The maximum absolute atomic E-state index is 12.8. The highest BCUT2D eigenvalue weighted by Gasteiger charge is 2.21. The van der Waals surface area contributed by atoms with Crippen LogP contribution >= 0.6 is 34.8 Å². The van der Waals surface area contributed by atoms with E-state index in [0.717, 1.165) is 11.3 Å². The number of ether oxygens (including phenoxy) is 1. The number of hydrogen-bond acceptors (Lipinski definition) is 4. The highest BCUT2D eigenvalue weighted by Crippen LogP contribution is 2.32. The number of nitrogens with zero attached hydrogens (tertiary/aromatic N) is 2. The van der Waals surface area contributed by atoms with Crippen LogP contribution in [0.15, 0.2) is 42.5 Å². The molecule has 9 heteroatoms. The Bertz CT molecular complexity index is 1050. The summed E-state index contributed by atoms with van der Waals surface area (Å²) in [5, 5.41) is 3.48. The van der Waals surface area contributed by atoms with E-state index >= 15 is 0 Å². The van der Waals surface area contributed by atoms with Gasteiger partial charge in [-0.1, -0.05) is 46.9 Å². The van der Waals surface area contributed by atoms with Crippen LogP contribution in [-0.4, -0.2) is 47.2 Å². The largest absolute Gasteiger partial charge is 0.379 e. The van der Waals surface area contributed by atoms with Gasteiger partial charge in [-0.05, 0) is 35.9 Å². The smallest absolute Gasteiger partial charge is 0.301 e. The van der Waals surface area contributed by atoms with Gasteiger partial charge in [-0.15, -0.1) is 0 Å². The van der Waals surface area contributed by atoms with Gasteiger partial charge in [-0.3, -0.25) is 10.2 Å². The quantitative estimate of drug-likeness (QED) is 0.577. The maximum Gasteiger partial charge on any atom is 0.301 e. The summed E-state index contributed by atoms with van der Waals surface area (Å²) < 4.78 is 5.31. The van der Waals surface area contributed by atoms with Crippen LogP contribution in [0.1, 0.15) is 21.9 Å². The number of hydrogen-bond donors (Lipinski definition) is 2. The highest BCUT2D eigenvalue weighted by atomic mass is 35.5. The Morgan fingerprint density at radius 1 is 1.07 bits per heavy atom. The van der Waals surface area contributed by atoms with Gasteiger partial charge in [0.05, 0.1) is 23.9 Å². The number of morpholine rings is 1. The van der Waals surface area contributed by atoms with Gasteiger partial charge in [0.15, 0.2) is 5.82 Å². The summed E-state index contributed by atoms with van der Waals surface area (Å²) in [6, 6.07) is 12.7. The van der Waals surface area contributed by atoms with E-state index in [1.54, 1.807) is 18.2 Å². The first kappa shape index (κ1) is 21.2. The number of carbonyl (C=O) groups is 1. The van der Waals surface area contributed by atoms with Gasteiger partial charge in [0.2, 0.25) is 0 Å². The molecule has 156 valence electrons. The van der Waals surface area contributed by atoms with Crippen molar-refractivity contribution in [3.63, 3.8) is 0 Å². The predicted octanol–water partition coefficient (Wildman–Crippen LogP) is 4.60. The van der Waals surface area contributed by atoms with E-state index in [4.69, 9.17) is 39.5 Å². The molecule has 1 saturated heterocycles. The van der Waals surface area contributed by atoms with E-state index in [-0.39, 0.29) is 11.7 Å². The molecule has 0 unspecified atom stereocenters. The molecule has 2 aromatic carbocycles. The lowest BCUT2D eigenvalue weighted by molar-refractivity contribution is 0.0123. The van der Waals surface area contributed by atoms with Crippen LogP contribution < -0.4 is 5.43 Å². The first-order valence-corrected chi connectivity index (χ1v) is 10.6. The van der Waals surface area contributed by atoms with Crippen LogP contribution in [0.4, 0.5) is 0 Å². The molecule has 0 saturated carbocycles. The molecular formula is C21H19Cl3N4O2. The Labute approximate surface area is 189 Å². The Balaban J connectivity index is 1.67. The van der Waals surface area contributed by atoms with Crippen LogP contribution in [-0.2, 0) is 11.2 Å². The number of hydrazine groups is 1. The number of aromatic amines is 1. The van der Waals surface area contributed by atoms with Crippen LogP contribution in [0.5, 0.6) is 0 Å². The molecule has 1 amide bonds. The fraction of sp³-hybridized carbons (Fsp3) is 0.238. The van der Waals surface area contributed by atoms with Crippen LogP contribution in [0.3, 0.4) is 0 Å². The topological polar surface area (TPSA) is 70.2 Å². The number of carbonyl (C=O) groups excluding carboxylic acids is 1. The molecule has 0 spiro atoms. The van der Waals surface area contributed by atoms with Gasteiger partial charge in [0.1, 0.15) is 0 Å². The predicted molar refractivity (Wildman–Crippen MR) is 118 cm³/mol. The molecule has 1 fully saturated rings. The fourth-order valence-corrected chi connectivity index (χ4v) is 3.85. The molecule has 30 heavy (non-hydrogen) atoms. The summed E-state index contributed by atoms with van der Waals surface area (Å²) in [6.45, 7) is 2.40. The number of imidazole rings is 1. The van der Waals surface area contributed by atoms with Gasteiger partial charge in [-0.25, -0.2) is 9.99 Å². The minimum atomic E-state index is -0.314. The van der Waals surface area contributed by atoms with Crippen molar-refractivity contribution in [3.8, 4) is 11.3 Å². The molecule has 4 rings (SSSR count). The average molecular weight is 466 g/mol. The normalized spacial score (nSPS) is 14.6. The van der Waals surface area contributed by atoms with Crippen molar-refractivity contribution in [2.24, 2.45) is 0 Å². The van der Waals surface area contributed by atoms with Gasteiger partial charge < -0.3 is 9.72 Å². The number of rotatable bonds is 5. The molecule has 0 radical (unpaired) electrons. The van der Waals surface area contributed by atoms with E-state index in [0.29, 0.717) is 59.0 Å². The second-order valence-electron chi connectivity index (χ2n) is 6.88. The molecule has 2 N–H and O–H groups in total. The molecule has 1 aliphatic heterocycles. The third kappa shape index (κ3) is 4.96. The van der Waals surface area contributed by atoms with E-state index < -0.39 is 0 Å². The van der Waals surface area contributed by atoms with E-state index in [1.807, 2.05) is 29.3 Å². The summed E-state index contributed by atoms with van der Waals surface area (Å²) >= 11 is 18.5. The van der Waals surface area contributed by atoms with Crippen molar-refractivity contribution < 1.29 is 9.53 Å². The zero-order valence-corrected chi connectivity index (χ0v) is 18.2. The first-order chi connectivity index (χ1) is 14.5. The number of aromatic nitrogens is 2. The van der Waals surface area contributed by atoms with E-state index in [9.17, 15) is 4.79 Å². The first-order valence-electron chi connectivity index (χ1n) is 9.42. The van der Waals surface area contributed by atoms with E-state index in [2.05, 4.69) is 15.4 Å². The highest BCUT2D eigenvalue weighted by molar-refractivity contribution is 6.36. The number of amides is 1. The van der Waals surface area contributed by atoms with E-state index in [1.165, 1.54) is 0 Å². The summed E-state index contributed by atoms with van der Waals surface area (Å²) in [4.78, 5) is 20.5. The lowest BCUT2D eigenvalue weighted by Crippen LogP contribution is -2.48. The third-order valence-corrected chi connectivity index (χ3v) is 5.54. The average Bonchev–Trinajstić information content (AvgIpc) is 3.14. The number of halogens is 3. The fourth-order valence-electron chi connectivity index (χ4n) is 3.23. The van der Waals surface area contributed by atoms with Crippen LogP contribution in [0.2, 0.25) is 15.1 Å². The van der Waals surface area contributed by atoms with Crippen molar-refractivity contribution >= 4 is 40.7 Å². The summed E-state index contributed by atoms with van der Waals surface area (Å²) in [5.74, 6) is -0.0999. The molecule has 1 aliphatic rings. The molecular weight excluding hydrogens is 447 g/mol. The molecule has 1 aromatic heterocycles. The Kier molecular flexibility index (Phi) is 6.61. The van der Waals surface area contributed by atoms with Crippen LogP contribution in [0.25, 0.3) is 11.3 Å². The van der Waals surface area contributed by atoms with Gasteiger partial charge in [-0.2, -0.15) is 0 Å². The zero-order chi connectivity index (χ0) is 21.1. The number of H-pyrrole nitrogens is 1. The number of nitrogens with one attached hydrogen (secondary N) is 2. The summed E-state index contributed by atoms with van der Waals surface area (Å²) in [7, 11) is 0. The lowest BCUT2D eigenvalue weighted by atomic mass is 10.0. The molecule has 3 aromatic rings. The second-order valence-corrected chi connectivity index (χ2v) is 8.16. The van der Waals surface area contributed by atoms with Crippen molar-refractivity contribution in [2.45, 2.75) is 6.42 Å². The van der Waals surface area contributed by atoms with Crippen molar-refractivity contribution in [1.82, 2.24) is 20.4 Å². The minimum absolute atomic E-state index is 0.214. The van der Waals surface area contributed by atoms with Gasteiger partial charge >= 0.3 is 5.91 Å². The standard InChI is InChI=1S/C21H19Cl3N4O2/c22-14-3-1-13(2-4-14)11-18-19(16-6-5-15(23)12-17(16)24)26-20(25-18)21(29)27-28-7-9-30-10-8-28/h1-6,12H,7-11H2,(H,25,26)(H,27,29). The van der Waals surface area contributed by atoms with Crippen molar-refractivity contribution in [2.75, 3.05) is 26.3 Å².